The van der Waals surface area contributed by atoms with Crippen LogP contribution in [0.25, 0.3) is 0 Å². The number of carbonyl (C=O) groups is 2. The van der Waals surface area contributed by atoms with Crippen molar-refractivity contribution in [1.29, 1.82) is 0 Å². The minimum atomic E-state index is -0.863. The predicted octanol–water partition coefficient (Wildman–Crippen LogP) is 0.982. The Morgan fingerprint density at radius 2 is 1.94 bits per heavy atom. The van der Waals surface area contributed by atoms with Gasteiger partial charge in [0, 0.05) is 6.54 Å². The van der Waals surface area contributed by atoms with E-state index < -0.39 is 11.4 Å². The van der Waals surface area contributed by atoms with Crippen LogP contribution in [-0.4, -0.2) is 48.7 Å². The fourth-order valence-electron chi connectivity index (χ4n) is 1.40. The third kappa shape index (κ3) is 5.11. The van der Waals surface area contributed by atoms with E-state index in [4.69, 9.17) is 5.11 Å². The Morgan fingerprint density at radius 3 is 2.31 bits per heavy atom. The smallest absolute Gasteiger partial charge is 0.319 e. The third-order valence-corrected chi connectivity index (χ3v) is 2.32. The van der Waals surface area contributed by atoms with Crippen molar-refractivity contribution >= 4 is 11.9 Å². The lowest BCUT2D eigenvalue weighted by Crippen LogP contribution is -2.42. The summed E-state index contributed by atoms with van der Waals surface area (Å²) in [6, 6.07) is 0. The molecular formula is C11H21NO4. The van der Waals surface area contributed by atoms with Crippen molar-refractivity contribution in [3.05, 3.63) is 0 Å². The van der Waals surface area contributed by atoms with Gasteiger partial charge in [-0.25, -0.2) is 0 Å². The van der Waals surface area contributed by atoms with Gasteiger partial charge in [0.1, 0.15) is 0 Å². The first kappa shape index (κ1) is 14.9. The van der Waals surface area contributed by atoms with E-state index in [0.717, 1.165) is 6.42 Å². The molecule has 1 N–H and O–H groups in total. The number of ether oxygens (including phenoxy) is 1. The molecule has 0 spiro atoms. The molecule has 0 unspecified atom stereocenters. The molecule has 0 aliphatic rings. The van der Waals surface area contributed by atoms with E-state index in [1.165, 1.54) is 7.11 Å². The summed E-state index contributed by atoms with van der Waals surface area (Å²) in [5, 5.41) is 9.01. The minimum Gasteiger partial charge on any atom is -0.481 e. The van der Waals surface area contributed by atoms with E-state index in [0.29, 0.717) is 13.1 Å². The molecule has 0 radical (unpaired) electrons. The Labute approximate surface area is 96.4 Å². The maximum absolute atomic E-state index is 11.1. The average molecular weight is 231 g/mol. The number of carbonyl (C=O) groups excluding carboxylic acids is 1. The normalized spacial score (nSPS) is 11.6. The Hall–Kier alpha value is -1.10. The van der Waals surface area contributed by atoms with Crippen molar-refractivity contribution < 1.29 is 19.4 Å². The summed E-state index contributed by atoms with van der Waals surface area (Å²) in [4.78, 5) is 23.9. The van der Waals surface area contributed by atoms with Gasteiger partial charge in [-0.05, 0) is 26.8 Å². The highest BCUT2D eigenvalue weighted by Crippen LogP contribution is 2.17. The highest BCUT2D eigenvalue weighted by atomic mass is 16.5. The topological polar surface area (TPSA) is 66.8 Å². The Kier molecular flexibility index (Phi) is 6.03. The fourth-order valence-corrected chi connectivity index (χ4v) is 1.40. The molecule has 5 heteroatoms. The van der Waals surface area contributed by atoms with E-state index in [9.17, 15) is 9.59 Å². The van der Waals surface area contributed by atoms with Crippen LogP contribution >= 0.6 is 0 Å². The molecule has 0 rings (SSSR count). The first-order valence-corrected chi connectivity index (χ1v) is 5.36. The monoisotopic (exact) mass is 231 g/mol. The van der Waals surface area contributed by atoms with E-state index in [1.54, 1.807) is 18.7 Å². The number of carboxylic acids is 1. The molecule has 0 saturated carbocycles. The molecule has 0 atom stereocenters. The van der Waals surface area contributed by atoms with Crippen LogP contribution in [0.5, 0.6) is 0 Å². The number of hydrogen-bond donors (Lipinski definition) is 1. The van der Waals surface area contributed by atoms with Crippen LogP contribution in [0, 0.1) is 5.41 Å². The van der Waals surface area contributed by atoms with Gasteiger partial charge in [-0.1, -0.05) is 6.92 Å². The molecule has 0 saturated heterocycles. The van der Waals surface area contributed by atoms with E-state index in [2.05, 4.69) is 4.74 Å². The lowest BCUT2D eigenvalue weighted by molar-refractivity contribution is -0.150. The van der Waals surface area contributed by atoms with Crippen LogP contribution in [0.2, 0.25) is 0 Å². The van der Waals surface area contributed by atoms with Crippen molar-refractivity contribution in [2.24, 2.45) is 5.41 Å². The number of carboxylic acid groups (broad SMARTS) is 1. The zero-order valence-corrected chi connectivity index (χ0v) is 10.4. The lowest BCUT2D eigenvalue weighted by atomic mass is 9.93. The first-order chi connectivity index (χ1) is 7.33. The summed E-state index contributed by atoms with van der Waals surface area (Å²) in [6.07, 6.45) is 0.868. The van der Waals surface area contributed by atoms with E-state index >= 15 is 0 Å². The number of esters is 1. The van der Waals surface area contributed by atoms with Crippen LogP contribution in [0.3, 0.4) is 0 Å². The number of methoxy groups -OCH3 is 1. The number of aliphatic carboxylic acids is 1. The molecular weight excluding hydrogens is 210 g/mol. The molecule has 16 heavy (non-hydrogen) atoms. The average Bonchev–Trinajstić information content (AvgIpc) is 2.17. The predicted molar refractivity (Wildman–Crippen MR) is 60.2 cm³/mol. The maximum Gasteiger partial charge on any atom is 0.319 e. The minimum absolute atomic E-state index is 0.140. The van der Waals surface area contributed by atoms with Crippen LogP contribution in [0.4, 0.5) is 0 Å². The SMILES string of the molecule is CCCN(CC(=O)OC)CC(C)(C)C(=O)O. The van der Waals surface area contributed by atoms with Crippen molar-refractivity contribution in [3.63, 3.8) is 0 Å². The number of hydrogen-bond acceptors (Lipinski definition) is 4. The van der Waals surface area contributed by atoms with E-state index in [-0.39, 0.29) is 12.5 Å². The summed E-state index contributed by atoms with van der Waals surface area (Å²) in [6.45, 7) is 6.45. The molecule has 0 aliphatic heterocycles. The lowest BCUT2D eigenvalue weighted by Gasteiger charge is -2.28. The van der Waals surface area contributed by atoms with Crippen molar-refractivity contribution in [2.45, 2.75) is 27.2 Å². The van der Waals surface area contributed by atoms with Gasteiger partial charge >= 0.3 is 11.9 Å². The summed E-state index contributed by atoms with van der Waals surface area (Å²) in [5.41, 5.74) is -0.858. The number of nitrogens with zero attached hydrogens (tertiary/aromatic N) is 1. The molecule has 0 bridgehead atoms. The zero-order valence-electron chi connectivity index (χ0n) is 10.4. The van der Waals surface area contributed by atoms with Crippen LogP contribution in [-0.2, 0) is 14.3 Å². The molecule has 0 amide bonds. The molecule has 0 aromatic heterocycles. The van der Waals surface area contributed by atoms with Crippen LogP contribution < -0.4 is 0 Å². The van der Waals surface area contributed by atoms with Gasteiger partial charge in [0.25, 0.3) is 0 Å². The van der Waals surface area contributed by atoms with Crippen molar-refractivity contribution in [1.82, 2.24) is 4.90 Å². The second-order valence-corrected chi connectivity index (χ2v) is 4.48. The van der Waals surface area contributed by atoms with Crippen molar-refractivity contribution in [3.8, 4) is 0 Å². The summed E-state index contributed by atoms with van der Waals surface area (Å²) in [7, 11) is 1.33. The van der Waals surface area contributed by atoms with Gasteiger partial charge in [0.2, 0.25) is 0 Å². The van der Waals surface area contributed by atoms with Gasteiger partial charge in [0.15, 0.2) is 0 Å². The molecule has 0 aromatic carbocycles. The maximum atomic E-state index is 11.1. The van der Waals surface area contributed by atoms with Gasteiger partial charge < -0.3 is 9.84 Å². The zero-order chi connectivity index (χ0) is 12.8. The van der Waals surface area contributed by atoms with Gasteiger partial charge in [0.05, 0.1) is 19.1 Å². The Balaban J connectivity index is 4.43. The van der Waals surface area contributed by atoms with Gasteiger partial charge in [-0.3, -0.25) is 14.5 Å². The summed E-state index contributed by atoms with van der Waals surface area (Å²) < 4.78 is 4.57. The summed E-state index contributed by atoms with van der Waals surface area (Å²) in [5.74, 6) is -1.20. The fraction of sp³-hybridized carbons (Fsp3) is 0.818. The quantitative estimate of drug-likeness (QED) is 0.662. The van der Waals surface area contributed by atoms with Crippen LogP contribution in [0.15, 0.2) is 0 Å². The highest BCUT2D eigenvalue weighted by Gasteiger charge is 2.30. The standard InChI is InChI=1S/C11H21NO4/c1-5-6-12(7-9(13)16-4)8-11(2,3)10(14)15/h5-8H2,1-4H3,(H,14,15). The van der Waals surface area contributed by atoms with Gasteiger partial charge in [-0.15, -0.1) is 0 Å². The molecule has 5 nitrogen and oxygen atoms in total. The molecule has 0 fully saturated rings. The molecule has 0 heterocycles. The van der Waals surface area contributed by atoms with E-state index in [1.807, 2.05) is 6.92 Å². The molecule has 0 aliphatic carbocycles. The Morgan fingerprint density at radius 1 is 1.38 bits per heavy atom. The third-order valence-electron chi connectivity index (χ3n) is 2.32. The second kappa shape index (κ2) is 6.48. The molecule has 94 valence electrons. The summed E-state index contributed by atoms with van der Waals surface area (Å²) >= 11 is 0. The Bertz CT molecular complexity index is 250. The van der Waals surface area contributed by atoms with Crippen LogP contribution in [0.1, 0.15) is 27.2 Å². The van der Waals surface area contributed by atoms with Crippen molar-refractivity contribution in [2.75, 3.05) is 26.7 Å². The highest BCUT2D eigenvalue weighted by molar-refractivity contribution is 5.74. The second-order valence-electron chi connectivity index (χ2n) is 4.48. The first-order valence-electron chi connectivity index (χ1n) is 5.36. The molecule has 0 aromatic rings. The largest absolute Gasteiger partial charge is 0.481 e. The van der Waals surface area contributed by atoms with Gasteiger partial charge in [-0.2, -0.15) is 0 Å². The number of rotatable bonds is 7.